The third-order valence-corrected chi connectivity index (χ3v) is 7.30. The molecule has 0 spiro atoms. The molecule has 0 radical (unpaired) electrons. The fraction of sp³-hybridized carbons (Fsp3) is 0.160. The molecule has 2 amide bonds. The Hall–Kier alpha value is -3.16. The Morgan fingerprint density at radius 2 is 1.50 bits per heavy atom. The lowest BCUT2D eigenvalue weighted by molar-refractivity contribution is -0.120. The molecule has 4 aromatic rings. The minimum atomic E-state index is -0.623. The number of fused-ring (bicyclic) bond motifs is 1. The van der Waals surface area contributed by atoms with Crippen molar-refractivity contribution in [2.24, 2.45) is 0 Å². The van der Waals surface area contributed by atoms with Crippen LogP contribution in [0.1, 0.15) is 17.5 Å². The lowest BCUT2D eigenvalue weighted by Crippen LogP contribution is -2.29. The zero-order valence-corrected chi connectivity index (χ0v) is 19.4. The number of aryl methyl sites for hydroxylation is 2. The minimum absolute atomic E-state index is 0.0339. The van der Waals surface area contributed by atoms with Gasteiger partial charge in [-0.25, -0.2) is 4.98 Å². The van der Waals surface area contributed by atoms with Crippen LogP contribution in [0.15, 0.2) is 77.1 Å². The topological polar surface area (TPSA) is 71.1 Å². The highest BCUT2D eigenvalue weighted by atomic mass is 32.2. The van der Waals surface area contributed by atoms with Gasteiger partial charge < -0.3 is 10.6 Å². The first kappa shape index (κ1) is 22.0. The van der Waals surface area contributed by atoms with E-state index in [0.717, 1.165) is 14.6 Å². The van der Waals surface area contributed by atoms with Gasteiger partial charge in [-0.1, -0.05) is 48.2 Å². The van der Waals surface area contributed by atoms with Crippen LogP contribution in [0, 0.1) is 13.8 Å². The van der Waals surface area contributed by atoms with Crippen LogP contribution in [0.2, 0.25) is 0 Å². The van der Waals surface area contributed by atoms with Crippen molar-refractivity contribution in [3.63, 3.8) is 0 Å². The summed E-state index contributed by atoms with van der Waals surface area (Å²) in [5, 5.41) is 5.17. The van der Waals surface area contributed by atoms with E-state index in [-0.39, 0.29) is 18.2 Å². The molecule has 1 unspecified atom stereocenters. The van der Waals surface area contributed by atoms with Crippen molar-refractivity contribution in [3.8, 4) is 0 Å². The van der Waals surface area contributed by atoms with E-state index in [1.807, 2.05) is 60.7 Å². The molecule has 1 heterocycles. The van der Waals surface area contributed by atoms with Gasteiger partial charge >= 0.3 is 0 Å². The third-order valence-electron chi connectivity index (χ3n) is 4.99. The number of nitrogens with zero attached hydrogens (tertiary/aromatic N) is 1. The van der Waals surface area contributed by atoms with E-state index in [4.69, 9.17) is 4.98 Å². The smallest absolute Gasteiger partial charge is 0.238 e. The maximum atomic E-state index is 13.1. The van der Waals surface area contributed by atoms with Crippen LogP contribution in [0.25, 0.3) is 10.2 Å². The van der Waals surface area contributed by atoms with Crippen LogP contribution in [0.5, 0.6) is 0 Å². The van der Waals surface area contributed by atoms with E-state index in [1.54, 1.807) is 11.3 Å². The first-order valence-electron chi connectivity index (χ1n) is 10.2. The summed E-state index contributed by atoms with van der Waals surface area (Å²) in [6, 6.07) is 22.7. The largest absolute Gasteiger partial charge is 0.326 e. The second kappa shape index (κ2) is 9.97. The Bertz CT molecular complexity index is 1200. The molecule has 0 fully saturated rings. The number of amides is 2. The zero-order valence-electron chi connectivity index (χ0n) is 17.8. The number of thiazole rings is 1. The van der Waals surface area contributed by atoms with Gasteiger partial charge in [0, 0.05) is 17.8 Å². The predicted octanol–water partition coefficient (Wildman–Crippen LogP) is 6.04. The molecule has 7 heteroatoms. The normalized spacial score (nSPS) is 11.8. The summed E-state index contributed by atoms with van der Waals surface area (Å²) in [7, 11) is 0. The van der Waals surface area contributed by atoms with Crippen molar-refractivity contribution in [2.45, 2.75) is 29.9 Å². The molecule has 1 atom stereocenters. The second-order valence-corrected chi connectivity index (χ2v) is 9.94. The molecule has 0 aliphatic heterocycles. The number of thioether (sulfide) groups is 1. The first-order valence-corrected chi connectivity index (χ1v) is 11.9. The number of nitrogens with one attached hydrogen (secondary N) is 2. The molecule has 4 rings (SSSR count). The minimum Gasteiger partial charge on any atom is -0.326 e. The SMILES string of the molecule is Cc1cc2nc(SC(CC(=O)Nc3ccccc3)C(=O)Nc3ccccc3)sc2cc1C. The quantitative estimate of drug-likeness (QED) is 0.329. The number of anilines is 2. The Balaban J connectivity index is 1.54. The third kappa shape index (κ3) is 5.55. The van der Waals surface area contributed by atoms with Gasteiger partial charge in [0.15, 0.2) is 4.34 Å². The lowest BCUT2D eigenvalue weighted by atomic mass is 10.1. The Morgan fingerprint density at radius 3 is 2.16 bits per heavy atom. The molecule has 0 saturated carbocycles. The summed E-state index contributed by atoms with van der Waals surface area (Å²) in [4.78, 5) is 30.5. The fourth-order valence-electron chi connectivity index (χ4n) is 3.16. The summed E-state index contributed by atoms with van der Waals surface area (Å²) < 4.78 is 1.84. The Kier molecular flexibility index (Phi) is 6.87. The average molecular weight is 462 g/mol. The molecule has 5 nitrogen and oxygen atoms in total. The maximum absolute atomic E-state index is 13.1. The van der Waals surface area contributed by atoms with Crippen molar-refractivity contribution in [1.82, 2.24) is 4.98 Å². The van der Waals surface area contributed by atoms with Crippen LogP contribution in [-0.2, 0) is 9.59 Å². The highest BCUT2D eigenvalue weighted by Gasteiger charge is 2.25. The number of para-hydroxylation sites is 2. The monoisotopic (exact) mass is 461 g/mol. The van der Waals surface area contributed by atoms with E-state index in [1.165, 1.54) is 22.9 Å². The summed E-state index contributed by atoms with van der Waals surface area (Å²) in [6.07, 6.45) is 0.0339. The number of aromatic nitrogens is 1. The Morgan fingerprint density at radius 1 is 0.906 bits per heavy atom. The van der Waals surface area contributed by atoms with Gasteiger partial charge in [0.2, 0.25) is 11.8 Å². The predicted molar refractivity (Wildman–Crippen MR) is 133 cm³/mol. The van der Waals surface area contributed by atoms with Gasteiger partial charge in [-0.2, -0.15) is 0 Å². The van der Waals surface area contributed by atoms with E-state index >= 15 is 0 Å². The summed E-state index contributed by atoms with van der Waals surface area (Å²) in [5.74, 6) is -0.444. The molecule has 0 aliphatic carbocycles. The Labute approximate surface area is 195 Å². The molecule has 1 aromatic heterocycles. The van der Waals surface area contributed by atoms with Crippen LogP contribution < -0.4 is 10.6 Å². The van der Waals surface area contributed by atoms with Crippen molar-refractivity contribution in [2.75, 3.05) is 10.6 Å². The van der Waals surface area contributed by atoms with Gasteiger partial charge in [0.1, 0.15) is 0 Å². The van der Waals surface area contributed by atoms with Crippen molar-refractivity contribution < 1.29 is 9.59 Å². The van der Waals surface area contributed by atoms with Gasteiger partial charge in [-0.05, 0) is 61.4 Å². The number of rotatable bonds is 7. The lowest BCUT2D eigenvalue weighted by Gasteiger charge is -2.15. The van der Waals surface area contributed by atoms with E-state index in [2.05, 4.69) is 36.6 Å². The highest BCUT2D eigenvalue weighted by molar-refractivity contribution is 8.02. The number of benzene rings is 3. The molecule has 32 heavy (non-hydrogen) atoms. The standard InChI is InChI=1S/C25H23N3O2S2/c1-16-13-20-21(14-17(16)2)31-25(28-20)32-22(24(30)27-19-11-7-4-8-12-19)15-23(29)26-18-9-5-3-6-10-18/h3-14,22H,15H2,1-2H3,(H,26,29)(H,27,30). The van der Waals surface area contributed by atoms with Crippen LogP contribution in [-0.4, -0.2) is 22.0 Å². The maximum Gasteiger partial charge on any atom is 0.238 e. The van der Waals surface area contributed by atoms with Gasteiger partial charge in [0.25, 0.3) is 0 Å². The number of hydrogen-bond donors (Lipinski definition) is 2. The number of carbonyl (C=O) groups excluding carboxylic acids is 2. The average Bonchev–Trinajstić information content (AvgIpc) is 3.16. The summed E-state index contributed by atoms with van der Waals surface area (Å²) >= 11 is 2.87. The molecule has 0 saturated heterocycles. The highest BCUT2D eigenvalue weighted by Crippen LogP contribution is 2.35. The van der Waals surface area contributed by atoms with Gasteiger partial charge in [-0.15, -0.1) is 11.3 Å². The van der Waals surface area contributed by atoms with Crippen molar-refractivity contribution in [1.29, 1.82) is 0 Å². The van der Waals surface area contributed by atoms with Crippen molar-refractivity contribution >= 4 is 56.5 Å². The zero-order chi connectivity index (χ0) is 22.5. The molecular formula is C25H23N3O2S2. The second-order valence-electron chi connectivity index (χ2n) is 7.46. The van der Waals surface area contributed by atoms with Gasteiger partial charge in [-0.3, -0.25) is 9.59 Å². The molecule has 0 bridgehead atoms. The van der Waals surface area contributed by atoms with Crippen LogP contribution in [0.4, 0.5) is 11.4 Å². The summed E-state index contributed by atoms with van der Waals surface area (Å²) in [5.41, 5.74) is 4.70. The van der Waals surface area contributed by atoms with Gasteiger partial charge in [0.05, 0.1) is 15.5 Å². The van der Waals surface area contributed by atoms with Crippen LogP contribution in [0.3, 0.4) is 0 Å². The number of carbonyl (C=O) groups is 2. The molecule has 2 N–H and O–H groups in total. The van der Waals surface area contributed by atoms with E-state index < -0.39 is 5.25 Å². The fourth-order valence-corrected chi connectivity index (χ4v) is 5.55. The summed E-state index contributed by atoms with van der Waals surface area (Å²) in [6.45, 7) is 4.14. The molecule has 0 aliphatic rings. The number of hydrogen-bond acceptors (Lipinski definition) is 5. The first-order chi connectivity index (χ1) is 15.5. The van der Waals surface area contributed by atoms with Crippen molar-refractivity contribution in [3.05, 3.63) is 83.9 Å². The molecule has 162 valence electrons. The van der Waals surface area contributed by atoms with E-state index in [9.17, 15) is 9.59 Å². The molecule has 3 aromatic carbocycles. The van der Waals surface area contributed by atoms with E-state index in [0.29, 0.717) is 11.4 Å². The van der Waals surface area contributed by atoms with Crippen LogP contribution >= 0.6 is 23.1 Å². The molecular weight excluding hydrogens is 438 g/mol.